The maximum atomic E-state index is 5.94. The fourth-order valence-corrected chi connectivity index (χ4v) is 3.78. The van der Waals surface area contributed by atoms with E-state index in [0.29, 0.717) is 6.04 Å². The second kappa shape index (κ2) is 7.54. The third-order valence-corrected chi connectivity index (χ3v) is 5.30. The van der Waals surface area contributed by atoms with Crippen LogP contribution in [0, 0.1) is 0 Å². The minimum absolute atomic E-state index is 0.134. The molecule has 0 spiro atoms. The third kappa shape index (κ3) is 3.85. The number of ether oxygens (including phenoxy) is 1. The number of imidazole rings is 1. The van der Waals surface area contributed by atoms with E-state index < -0.39 is 0 Å². The molecule has 4 rings (SSSR count). The van der Waals surface area contributed by atoms with Crippen LogP contribution in [0.25, 0.3) is 0 Å². The largest absolute Gasteiger partial charge is 0.372 e. The highest BCUT2D eigenvalue weighted by molar-refractivity contribution is 5.40. The summed E-state index contributed by atoms with van der Waals surface area (Å²) >= 11 is 0. The lowest BCUT2D eigenvalue weighted by Crippen LogP contribution is -2.36. The van der Waals surface area contributed by atoms with Gasteiger partial charge >= 0.3 is 0 Å². The summed E-state index contributed by atoms with van der Waals surface area (Å²) in [6.45, 7) is 3.93. The van der Waals surface area contributed by atoms with E-state index in [4.69, 9.17) is 4.74 Å². The van der Waals surface area contributed by atoms with E-state index in [0.717, 1.165) is 50.6 Å². The zero-order valence-electron chi connectivity index (χ0n) is 14.9. The molecule has 2 aliphatic rings. The van der Waals surface area contributed by atoms with Gasteiger partial charge in [0.25, 0.3) is 0 Å². The van der Waals surface area contributed by atoms with Gasteiger partial charge in [0.1, 0.15) is 11.9 Å². The average molecular weight is 341 g/mol. The summed E-state index contributed by atoms with van der Waals surface area (Å²) in [7, 11) is 2.02. The fourth-order valence-electron chi connectivity index (χ4n) is 3.78. The summed E-state index contributed by atoms with van der Waals surface area (Å²) in [5, 5.41) is 3.68. The summed E-state index contributed by atoms with van der Waals surface area (Å²) in [5.74, 6) is 1.11. The summed E-state index contributed by atoms with van der Waals surface area (Å²) in [4.78, 5) is 11.2. The fraction of sp³-hybridized carbons (Fsp3) is 0.579. The minimum atomic E-state index is 0.134. The number of rotatable bonds is 5. The molecular weight excluding hydrogens is 314 g/mol. The average Bonchev–Trinajstić information content (AvgIpc) is 3.32. The highest BCUT2D eigenvalue weighted by Crippen LogP contribution is 2.27. The number of pyridine rings is 1. The maximum Gasteiger partial charge on any atom is 0.128 e. The predicted molar refractivity (Wildman–Crippen MR) is 97.4 cm³/mol. The van der Waals surface area contributed by atoms with E-state index in [1.165, 1.54) is 18.4 Å². The van der Waals surface area contributed by atoms with E-state index in [-0.39, 0.29) is 6.10 Å². The molecule has 4 heterocycles. The standard InChI is InChI=1S/C19H27N5O/c1-23-14-20-13-17(23)18-10-16(6-9-25-18)21-11-15-4-5-19(22-12-15)24-7-2-3-8-24/h4-5,12-14,16,18,21H,2-3,6-11H2,1H3/t16-,18+/m1/s1. The maximum absolute atomic E-state index is 5.94. The lowest BCUT2D eigenvalue weighted by Gasteiger charge is -2.30. The van der Waals surface area contributed by atoms with Crippen LogP contribution < -0.4 is 10.2 Å². The number of hydrogen-bond acceptors (Lipinski definition) is 5. The number of nitrogens with one attached hydrogen (secondary N) is 1. The van der Waals surface area contributed by atoms with Crippen LogP contribution in [0.2, 0.25) is 0 Å². The molecule has 6 nitrogen and oxygen atoms in total. The highest BCUT2D eigenvalue weighted by atomic mass is 16.5. The van der Waals surface area contributed by atoms with Crippen molar-refractivity contribution >= 4 is 5.82 Å². The minimum Gasteiger partial charge on any atom is -0.372 e. The van der Waals surface area contributed by atoms with Crippen molar-refractivity contribution in [3.63, 3.8) is 0 Å². The van der Waals surface area contributed by atoms with E-state index in [1.54, 1.807) is 0 Å². The van der Waals surface area contributed by atoms with Crippen LogP contribution in [0.4, 0.5) is 5.82 Å². The molecule has 0 aromatic carbocycles. The Balaban J connectivity index is 1.31. The third-order valence-electron chi connectivity index (χ3n) is 5.30. The van der Waals surface area contributed by atoms with Crippen LogP contribution in [0.3, 0.4) is 0 Å². The second-order valence-electron chi connectivity index (χ2n) is 7.11. The predicted octanol–water partition coefficient (Wildman–Crippen LogP) is 2.43. The smallest absolute Gasteiger partial charge is 0.128 e. The summed E-state index contributed by atoms with van der Waals surface area (Å²) < 4.78 is 7.99. The molecule has 25 heavy (non-hydrogen) atoms. The van der Waals surface area contributed by atoms with Gasteiger partial charge in [-0.2, -0.15) is 0 Å². The Bertz CT molecular complexity index is 677. The summed E-state index contributed by atoms with van der Waals surface area (Å²) in [6.07, 6.45) is 10.5. The second-order valence-corrected chi connectivity index (χ2v) is 7.11. The molecule has 6 heteroatoms. The van der Waals surface area contributed by atoms with Crippen LogP contribution in [0.15, 0.2) is 30.9 Å². The molecule has 2 aliphatic heterocycles. The van der Waals surface area contributed by atoms with Gasteiger partial charge in [-0.05, 0) is 37.3 Å². The molecule has 0 bridgehead atoms. The number of anilines is 1. The SMILES string of the molecule is Cn1cncc1[C@@H]1C[C@H](NCc2ccc(N3CCCC3)nc2)CCO1. The van der Waals surface area contributed by atoms with Gasteiger partial charge in [0.05, 0.1) is 18.2 Å². The van der Waals surface area contributed by atoms with E-state index in [2.05, 4.69) is 32.3 Å². The van der Waals surface area contributed by atoms with E-state index in [9.17, 15) is 0 Å². The van der Waals surface area contributed by atoms with Gasteiger partial charge in [-0.3, -0.25) is 0 Å². The van der Waals surface area contributed by atoms with Gasteiger partial charge in [0.2, 0.25) is 0 Å². The first kappa shape index (κ1) is 16.5. The van der Waals surface area contributed by atoms with Crippen LogP contribution in [0.5, 0.6) is 0 Å². The Morgan fingerprint density at radius 2 is 2.12 bits per heavy atom. The van der Waals surface area contributed by atoms with E-state index >= 15 is 0 Å². The van der Waals surface area contributed by atoms with Crippen LogP contribution >= 0.6 is 0 Å². The first-order chi connectivity index (χ1) is 12.3. The molecule has 2 fully saturated rings. The summed E-state index contributed by atoms with van der Waals surface area (Å²) in [6, 6.07) is 4.82. The lowest BCUT2D eigenvalue weighted by atomic mass is 10.0. The molecule has 134 valence electrons. The Morgan fingerprint density at radius 1 is 1.24 bits per heavy atom. The molecule has 0 unspecified atom stereocenters. The molecular formula is C19H27N5O. The van der Waals surface area contributed by atoms with Gasteiger partial charge < -0.3 is 19.5 Å². The highest BCUT2D eigenvalue weighted by Gasteiger charge is 2.25. The molecule has 2 atom stereocenters. The number of aryl methyl sites for hydroxylation is 1. The Kier molecular flexibility index (Phi) is 4.99. The normalized spacial score (nSPS) is 24.0. The Hall–Kier alpha value is -1.92. The Labute approximate surface area is 149 Å². The van der Waals surface area contributed by atoms with Crippen LogP contribution in [-0.4, -0.2) is 40.3 Å². The zero-order chi connectivity index (χ0) is 17.1. The topological polar surface area (TPSA) is 55.2 Å². The quantitative estimate of drug-likeness (QED) is 0.905. The number of hydrogen-bond donors (Lipinski definition) is 1. The van der Waals surface area contributed by atoms with Gasteiger partial charge in [-0.25, -0.2) is 9.97 Å². The first-order valence-corrected chi connectivity index (χ1v) is 9.30. The Morgan fingerprint density at radius 3 is 2.84 bits per heavy atom. The molecule has 0 saturated carbocycles. The number of nitrogens with zero attached hydrogens (tertiary/aromatic N) is 4. The first-order valence-electron chi connectivity index (χ1n) is 9.30. The van der Waals surface area contributed by atoms with Crippen molar-refractivity contribution in [1.29, 1.82) is 0 Å². The molecule has 2 aromatic rings. The number of aromatic nitrogens is 3. The van der Waals surface area contributed by atoms with Crippen LogP contribution in [0.1, 0.15) is 43.0 Å². The van der Waals surface area contributed by atoms with Gasteiger partial charge in [0.15, 0.2) is 0 Å². The van der Waals surface area contributed by atoms with Crippen molar-refractivity contribution in [2.75, 3.05) is 24.6 Å². The van der Waals surface area contributed by atoms with Crippen molar-refractivity contribution in [3.05, 3.63) is 42.1 Å². The van der Waals surface area contributed by atoms with Gasteiger partial charge in [-0.1, -0.05) is 6.07 Å². The lowest BCUT2D eigenvalue weighted by molar-refractivity contribution is -0.00404. The molecule has 1 N–H and O–H groups in total. The zero-order valence-corrected chi connectivity index (χ0v) is 14.9. The van der Waals surface area contributed by atoms with Gasteiger partial charge in [-0.15, -0.1) is 0 Å². The van der Waals surface area contributed by atoms with Crippen molar-refractivity contribution in [2.45, 2.75) is 44.4 Å². The molecule has 2 saturated heterocycles. The van der Waals surface area contributed by atoms with Crippen molar-refractivity contribution in [1.82, 2.24) is 19.9 Å². The van der Waals surface area contributed by atoms with Crippen molar-refractivity contribution in [2.24, 2.45) is 7.05 Å². The van der Waals surface area contributed by atoms with Crippen LogP contribution in [-0.2, 0) is 18.3 Å². The monoisotopic (exact) mass is 341 g/mol. The molecule has 0 radical (unpaired) electrons. The molecule has 0 amide bonds. The van der Waals surface area contributed by atoms with Crippen molar-refractivity contribution < 1.29 is 4.74 Å². The van der Waals surface area contributed by atoms with Crippen molar-refractivity contribution in [3.8, 4) is 0 Å². The van der Waals surface area contributed by atoms with E-state index in [1.807, 2.05) is 30.3 Å². The molecule has 2 aromatic heterocycles. The van der Waals surface area contributed by atoms with Gasteiger partial charge in [0, 0.05) is 45.5 Å². The summed E-state index contributed by atoms with van der Waals surface area (Å²) in [5.41, 5.74) is 2.40. The molecule has 0 aliphatic carbocycles.